The largest absolute Gasteiger partial charge is 0.508 e. The van der Waals surface area contributed by atoms with E-state index >= 15 is 0 Å². The molecule has 60 valence electrons. The molecule has 0 heterocycles. The number of halogens is 3. The normalized spacial score (nSPS) is 10.1. The maximum absolute atomic E-state index is 12.6. The molecular weight excluding hydrogens is 218 g/mol. The molecule has 1 rings (SSSR count). The topological polar surface area (TPSA) is 20.2 Å². The molecule has 0 aliphatic heterocycles. The third kappa shape index (κ3) is 1.50. The number of phenolic OH excluding ortho intramolecular Hbond substituents is 1. The van der Waals surface area contributed by atoms with Gasteiger partial charge in [0.2, 0.25) is 0 Å². The predicted octanol–water partition coefficient (Wildman–Crippen LogP) is 2.76. The summed E-state index contributed by atoms with van der Waals surface area (Å²) in [6.45, 7) is -0.885. The number of rotatable bonds is 1. The minimum Gasteiger partial charge on any atom is -0.508 e. The second kappa shape index (κ2) is 3.17. The zero-order valence-electron chi connectivity index (χ0n) is 5.44. The fraction of sp³-hybridized carbons (Fsp3) is 0.143. The predicted molar refractivity (Wildman–Crippen MR) is 40.6 cm³/mol. The van der Waals surface area contributed by atoms with Crippen molar-refractivity contribution >= 4 is 15.9 Å². The summed E-state index contributed by atoms with van der Waals surface area (Å²) in [5.74, 6) is -0.809. The number of hydrogen-bond donors (Lipinski definition) is 1. The molecule has 1 N–H and O–H groups in total. The maximum atomic E-state index is 12.6. The Bertz CT molecular complexity index is 275. The van der Waals surface area contributed by atoms with E-state index in [0.29, 0.717) is 0 Å². The number of aromatic hydroxyl groups is 1. The smallest absolute Gasteiger partial charge is 0.138 e. The molecule has 0 radical (unpaired) electrons. The quantitative estimate of drug-likeness (QED) is 0.775. The van der Waals surface area contributed by atoms with Crippen molar-refractivity contribution in [2.75, 3.05) is 0 Å². The van der Waals surface area contributed by atoms with Crippen molar-refractivity contribution in [3.8, 4) is 5.75 Å². The van der Waals surface area contributed by atoms with E-state index in [1.54, 1.807) is 0 Å². The molecule has 0 spiro atoms. The van der Waals surface area contributed by atoms with E-state index in [-0.39, 0.29) is 15.8 Å². The summed E-state index contributed by atoms with van der Waals surface area (Å²) in [5, 5.41) is 8.98. The van der Waals surface area contributed by atoms with E-state index in [1.807, 2.05) is 0 Å². The summed E-state index contributed by atoms with van der Waals surface area (Å²) >= 11 is 2.82. The minimum absolute atomic E-state index is 0.0139. The molecule has 0 aliphatic rings. The van der Waals surface area contributed by atoms with Crippen LogP contribution in [0.5, 0.6) is 5.75 Å². The monoisotopic (exact) mass is 222 g/mol. The number of hydrogen-bond acceptors (Lipinski definition) is 1. The minimum atomic E-state index is -0.885. The number of benzene rings is 1. The molecule has 0 unspecified atom stereocenters. The van der Waals surface area contributed by atoms with Crippen LogP contribution in [0.25, 0.3) is 0 Å². The van der Waals surface area contributed by atoms with Gasteiger partial charge in [-0.15, -0.1) is 0 Å². The summed E-state index contributed by atoms with van der Waals surface area (Å²) in [7, 11) is 0. The van der Waals surface area contributed by atoms with Crippen molar-refractivity contribution in [1.29, 1.82) is 0 Å². The number of phenols is 1. The van der Waals surface area contributed by atoms with Gasteiger partial charge in [-0.3, -0.25) is 0 Å². The van der Waals surface area contributed by atoms with Crippen LogP contribution in [-0.4, -0.2) is 5.11 Å². The zero-order valence-corrected chi connectivity index (χ0v) is 7.03. The lowest BCUT2D eigenvalue weighted by Gasteiger charge is -2.02. The lowest BCUT2D eigenvalue weighted by Crippen LogP contribution is -1.86. The van der Waals surface area contributed by atoms with Crippen LogP contribution in [0, 0.1) is 5.82 Å². The molecule has 0 aromatic heterocycles. The summed E-state index contributed by atoms with van der Waals surface area (Å²) in [5.41, 5.74) is -0.0509. The Hall–Kier alpha value is -0.640. The average molecular weight is 223 g/mol. The Balaban J connectivity index is 3.29. The lowest BCUT2D eigenvalue weighted by molar-refractivity contribution is 0.427. The van der Waals surface area contributed by atoms with Crippen molar-refractivity contribution in [3.63, 3.8) is 0 Å². The Morgan fingerprint density at radius 1 is 1.45 bits per heavy atom. The van der Waals surface area contributed by atoms with Crippen molar-refractivity contribution < 1.29 is 13.9 Å². The first kappa shape index (κ1) is 8.46. The van der Waals surface area contributed by atoms with Crippen LogP contribution in [0.3, 0.4) is 0 Å². The summed E-state index contributed by atoms with van der Waals surface area (Å²) in [6.07, 6.45) is 0. The molecule has 0 atom stereocenters. The van der Waals surface area contributed by atoms with E-state index in [9.17, 15) is 8.78 Å². The van der Waals surface area contributed by atoms with Gasteiger partial charge < -0.3 is 5.11 Å². The molecule has 1 nitrogen and oxygen atoms in total. The molecule has 0 fully saturated rings. The van der Waals surface area contributed by atoms with Crippen molar-refractivity contribution in [2.24, 2.45) is 0 Å². The summed E-state index contributed by atoms with van der Waals surface area (Å²) < 4.78 is 24.7. The van der Waals surface area contributed by atoms with Gasteiger partial charge >= 0.3 is 0 Å². The standard InChI is InChI=1S/C7H5BrF2O/c8-7-4(3-9)6(11)2-1-5(7)10/h1-2,11H,3H2. The van der Waals surface area contributed by atoms with Crippen LogP contribution in [0.2, 0.25) is 0 Å². The number of alkyl halides is 1. The van der Waals surface area contributed by atoms with E-state index in [1.165, 1.54) is 0 Å². The van der Waals surface area contributed by atoms with Gasteiger partial charge in [0, 0.05) is 5.56 Å². The van der Waals surface area contributed by atoms with Crippen LogP contribution in [0.1, 0.15) is 5.56 Å². The van der Waals surface area contributed by atoms with Gasteiger partial charge in [-0.05, 0) is 28.1 Å². The maximum Gasteiger partial charge on any atom is 0.138 e. The van der Waals surface area contributed by atoms with Crippen LogP contribution >= 0.6 is 15.9 Å². The van der Waals surface area contributed by atoms with Crippen LogP contribution in [-0.2, 0) is 6.67 Å². The van der Waals surface area contributed by atoms with Crippen LogP contribution in [0.15, 0.2) is 16.6 Å². The second-order valence-corrected chi connectivity index (χ2v) is 2.79. The van der Waals surface area contributed by atoms with E-state index < -0.39 is 12.5 Å². The molecule has 0 bridgehead atoms. The van der Waals surface area contributed by atoms with Gasteiger partial charge in [-0.2, -0.15) is 0 Å². The SMILES string of the molecule is Oc1ccc(F)c(Br)c1CF. The molecule has 1 aromatic carbocycles. The fourth-order valence-electron chi connectivity index (χ4n) is 0.710. The van der Waals surface area contributed by atoms with Crippen LogP contribution < -0.4 is 0 Å². The van der Waals surface area contributed by atoms with Crippen LogP contribution in [0.4, 0.5) is 8.78 Å². The Kier molecular flexibility index (Phi) is 2.44. The molecule has 4 heteroatoms. The first-order valence-corrected chi connectivity index (χ1v) is 3.68. The Morgan fingerprint density at radius 3 is 2.55 bits per heavy atom. The third-order valence-electron chi connectivity index (χ3n) is 1.30. The summed E-state index contributed by atoms with van der Waals surface area (Å²) in [6, 6.07) is 2.19. The first-order chi connectivity index (χ1) is 5.16. The Morgan fingerprint density at radius 2 is 2.09 bits per heavy atom. The highest BCUT2D eigenvalue weighted by Crippen LogP contribution is 2.28. The fourth-order valence-corrected chi connectivity index (χ4v) is 1.15. The van der Waals surface area contributed by atoms with Gasteiger partial charge in [0.25, 0.3) is 0 Å². The molecule has 0 aliphatic carbocycles. The first-order valence-electron chi connectivity index (χ1n) is 2.88. The molecule has 11 heavy (non-hydrogen) atoms. The second-order valence-electron chi connectivity index (χ2n) is 1.99. The van der Waals surface area contributed by atoms with E-state index in [0.717, 1.165) is 12.1 Å². The van der Waals surface area contributed by atoms with Crippen molar-refractivity contribution in [2.45, 2.75) is 6.67 Å². The van der Waals surface area contributed by atoms with Gasteiger partial charge in [0.1, 0.15) is 18.2 Å². The van der Waals surface area contributed by atoms with Crippen molar-refractivity contribution in [1.82, 2.24) is 0 Å². The van der Waals surface area contributed by atoms with Gasteiger partial charge in [0.15, 0.2) is 0 Å². The molecule has 1 aromatic rings. The van der Waals surface area contributed by atoms with Gasteiger partial charge in [-0.1, -0.05) is 0 Å². The molecule has 0 saturated carbocycles. The van der Waals surface area contributed by atoms with E-state index in [2.05, 4.69) is 15.9 Å². The Labute approximate surface area is 70.8 Å². The van der Waals surface area contributed by atoms with Gasteiger partial charge in [0.05, 0.1) is 4.47 Å². The third-order valence-corrected chi connectivity index (χ3v) is 2.16. The molecular formula is C7H5BrF2O. The van der Waals surface area contributed by atoms with Gasteiger partial charge in [-0.25, -0.2) is 8.78 Å². The molecule has 0 saturated heterocycles. The average Bonchev–Trinajstić information content (AvgIpc) is 1.99. The summed E-state index contributed by atoms with van der Waals surface area (Å²) in [4.78, 5) is 0. The highest BCUT2D eigenvalue weighted by atomic mass is 79.9. The zero-order chi connectivity index (χ0) is 8.43. The van der Waals surface area contributed by atoms with E-state index in [4.69, 9.17) is 5.11 Å². The highest BCUT2D eigenvalue weighted by Gasteiger charge is 2.09. The molecule has 0 amide bonds. The van der Waals surface area contributed by atoms with Crippen molar-refractivity contribution in [3.05, 3.63) is 28.0 Å². The highest BCUT2D eigenvalue weighted by molar-refractivity contribution is 9.10. The lowest BCUT2D eigenvalue weighted by atomic mass is 10.2.